The SMILES string of the molecule is COC(=O)C1(CNc2ccccc2C(C)C)CC1. The van der Waals surface area contributed by atoms with Gasteiger partial charge in [0.05, 0.1) is 12.5 Å². The van der Waals surface area contributed by atoms with Gasteiger partial charge in [-0.1, -0.05) is 32.0 Å². The Labute approximate surface area is 109 Å². The highest BCUT2D eigenvalue weighted by Crippen LogP contribution is 2.46. The van der Waals surface area contributed by atoms with Gasteiger partial charge in [-0.15, -0.1) is 0 Å². The molecule has 0 heterocycles. The number of para-hydroxylation sites is 1. The van der Waals surface area contributed by atoms with E-state index in [0.717, 1.165) is 18.5 Å². The number of anilines is 1. The van der Waals surface area contributed by atoms with Crippen molar-refractivity contribution in [1.82, 2.24) is 0 Å². The van der Waals surface area contributed by atoms with Gasteiger partial charge in [-0.3, -0.25) is 4.79 Å². The van der Waals surface area contributed by atoms with Crippen LogP contribution in [0.15, 0.2) is 24.3 Å². The quantitative estimate of drug-likeness (QED) is 0.812. The van der Waals surface area contributed by atoms with Crippen LogP contribution in [0.25, 0.3) is 0 Å². The Balaban J connectivity index is 2.05. The fourth-order valence-electron chi connectivity index (χ4n) is 2.25. The zero-order valence-electron chi connectivity index (χ0n) is 11.3. The highest BCUT2D eigenvalue weighted by molar-refractivity contribution is 5.80. The van der Waals surface area contributed by atoms with E-state index in [1.54, 1.807) is 0 Å². The highest BCUT2D eigenvalue weighted by atomic mass is 16.5. The predicted molar refractivity (Wildman–Crippen MR) is 72.7 cm³/mol. The summed E-state index contributed by atoms with van der Waals surface area (Å²) in [4.78, 5) is 11.7. The normalized spacial score (nSPS) is 16.4. The molecule has 1 aromatic carbocycles. The molecule has 18 heavy (non-hydrogen) atoms. The lowest BCUT2D eigenvalue weighted by molar-refractivity contribution is -0.146. The molecular formula is C15H21NO2. The second-order valence-electron chi connectivity index (χ2n) is 5.37. The molecule has 0 aromatic heterocycles. The summed E-state index contributed by atoms with van der Waals surface area (Å²) in [6, 6.07) is 8.27. The Morgan fingerprint density at radius 1 is 1.39 bits per heavy atom. The van der Waals surface area contributed by atoms with E-state index in [-0.39, 0.29) is 11.4 Å². The molecule has 0 aliphatic heterocycles. The summed E-state index contributed by atoms with van der Waals surface area (Å²) in [5.74, 6) is 0.388. The molecule has 1 aliphatic rings. The number of esters is 1. The molecule has 1 aromatic rings. The molecule has 98 valence electrons. The van der Waals surface area contributed by atoms with Crippen LogP contribution in [0.1, 0.15) is 38.2 Å². The molecule has 1 N–H and O–H groups in total. The molecule has 3 heteroatoms. The average molecular weight is 247 g/mol. The number of ether oxygens (including phenoxy) is 1. The van der Waals surface area contributed by atoms with Crippen LogP contribution >= 0.6 is 0 Å². The van der Waals surface area contributed by atoms with Crippen LogP contribution in [-0.2, 0) is 9.53 Å². The summed E-state index contributed by atoms with van der Waals surface area (Å²) in [6.07, 6.45) is 1.85. The number of rotatable bonds is 5. The number of hydrogen-bond acceptors (Lipinski definition) is 3. The summed E-state index contributed by atoms with van der Waals surface area (Å²) in [7, 11) is 1.46. The summed E-state index contributed by atoms with van der Waals surface area (Å²) in [5, 5.41) is 3.41. The standard InChI is InChI=1S/C15H21NO2/c1-11(2)12-6-4-5-7-13(12)16-10-15(8-9-15)14(17)18-3/h4-7,11,16H,8-10H2,1-3H3. The molecule has 1 aliphatic carbocycles. The number of carbonyl (C=O) groups is 1. The van der Waals surface area contributed by atoms with Crippen LogP contribution in [0.4, 0.5) is 5.69 Å². The minimum Gasteiger partial charge on any atom is -0.469 e. The van der Waals surface area contributed by atoms with E-state index in [1.807, 2.05) is 12.1 Å². The molecule has 0 amide bonds. The first kappa shape index (κ1) is 12.9. The average Bonchev–Trinajstić information content (AvgIpc) is 3.17. The first-order valence-corrected chi connectivity index (χ1v) is 6.50. The number of methoxy groups -OCH3 is 1. The van der Waals surface area contributed by atoms with Gasteiger partial charge in [-0.25, -0.2) is 0 Å². The summed E-state index contributed by atoms with van der Waals surface area (Å²) in [5.41, 5.74) is 2.14. The van der Waals surface area contributed by atoms with Crippen LogP contribution in [0.3, 0.4) is 0 Å². The molecule has 3 nitrogen and oxygen atoms in total. The Morgan fingerprint density at radius 2 is 2.06 bits per heavy atom. The minimum atomic E-state index is -0.279. The highest BCUT2D eigenvalue weighted by Gasteiger charge is 2.50. The molecule has 2 rings (SSSR count). The molecule has 0 radical (unpaired) electrons. The monoisotopic (exact) mass is 247 g/mol. The Hall–Kier alpha value is -1.51. The van der Waals surface area contributed by atoms with Crippen molar-refractivity contribution in [2.45, 2.75) is 32.6 Å². The Morgan fingerprint density at radius 3 is 2.61 bits per heavy atom. The number of nitrogens with one attached hydrogen (secondary N) is 1. The van der Waals surface area contributed by atoms with Gasteiger partial charge in [0.15, 0.2) is 0 Å². The summed E-state index contributed by atoms with van der Waals surface area (Å²) in [6.45, 7) is 5.02. The molecule has 0 spiro atoms. The van der Waals surface area contributed by atoms with Crippen molar-refractivity contribution in [3.05, 3.63) is 29.8 Å². The van der Waals surface area contributed by atoms with Gasteiger partial charge < -0.3 is 10.1 Å². The van der Waals surface area contributed by atoms with Crippen molar-refractivity contribution in [2.24, 2.45) is 5.41 Å². The van der Waals surface area contributed by atoms with Gasteiger partial charge >= 0.3 is 5.97 Å². The topological polar surface area (TPSA) is 38.3 Å². The second-order valence-corrected chi connectivity index (χ2v) is 5.37. The molecule has 0 atom stereocenters. The van der Waals surface area contributed by atoms with Crippen molar-refractivity contribution >= 4 is 11.7 Å². The third-order valence-corrected chi connectivity index (χ3v) is 3.67. The first-order valence-electron chi connectivity index (χ1n) is 6.50. The number of carbonyl (C=O) groups excluding carboxylic acids is 1. The van der Waals surface area contributed by atoms with Crippen molar-refractivity contribution in [1.29, 1.82) is 0 Å². The lowest BCUT2D eigenvalue weighted by Crippen LogP contribution is -2.26. The Bertz CT molecular complexity index is 436. The van der Waals surface area contributed by atoms with Crippen LogP contribution < -0.4 is 5.32 Å². The molecular weight excluding hydrogens is 226 g/mol. The number of benzene rings is 1. The van der Waals surface area contributed by atoms with Crippen molar-refractivity contribution in [2.75, 3.05) is 19.0 Å². The fourth-order valence-corrected chi connectivity index (χ4v) is 2.25. The van der Waals surface area contributed by atoms with E-state index in [4.69, 9.17) is 4.74 Å². The van der Waals surface area contributed by atoms with E-state index < -0.39 is 0 Å². The van der Waals surface area contributed by atoms with E-state index in [1.165, 1.54) is 12.7 Å². The Kier molecular flexibility index (Phi) is 3.60. The zero-order chi connectivity index (χ0) is 13.2. The maximum absolute atomic E-state index is 11.7. The van der Waals surface area contributed by atoms with Crippen LogP contribution in [0.2, 0.25) is 0 Å². The van der Waals surface area contributed by atoms with Gasteiger partial charge in [-0.05, 0) is 30.4 Å². The van der Waals surface area contributed by atoms with Crippen LogP contribution in [0.5, 0.6) is 0 Å². The van der Waals surface area contributed by atoms with Gasteiger partial charge in [0.2, 0.25) is 0 Å². The van der Waals surface area contributed by atoms with Gasteiger partial charge in [0.25, 0.3) is 0 Å². The smallest absolute Gasteiger partial charge is 0.313 e. The predicted octanol–water partition coefficient (Wildman–Crippen LogP) is 3.18. The van der Waals surface area contributed by atoms with E-state index in [2.05, 4.69) is 31.3 Å². The van der Waals surface area contributed by atoms with Gasteiger partial charge in [0.1, 0.15) is 0 Å². The zero-order valence-corrected chi connectivity index (χ0v) is 11.3. The maximum atomic E-state index is 11.7. The van der Waals surface area contributed by atoms with Crippen molar-refractivity contribution in [3.8, 4) is 0 Å². The lowest BCUT2D eigenvalue weighted by Gasteiger charge is -2.18. The van der Waals surface area contributed by atoms with Gasteiger partial charge in [-0.2, -0.15) is 0 Å². The third-order valence-electron chi connectivity index (χ3n) is 3.67. The lowest BCUT2D eigenvalue weighted by atomic mass is 10.0. The molecule has 0 bridgehead atoms. The molecule has 1 saturated carbocycles. The minimum absolute atomic E-state index is 0.0861. The fraction of sp³-hybridized carbons (Fsp3) is 0.533. The van der Waals surface area contributed by atoms with Gasteiger partial charge in [0, 0.05) is 12.2 Å². The van der Waals surface area contributed by atoms with Crippen molar-refractivity contribution < 1.29 is 9.53 Å². The van der Waals surface area contributed by atoms with Crippen molar-refractivity contribution in [3.63, 3.8) is 0 Å². The number of hydrogen-bond donors (Lipinski definition) is 1. The molecule has 1 fully saturated rings. The summed E-state index contributed by atoms with van der Waals surface area (Å²) >= 11 is 0. The van der Waals surface area contributed by atoms with E-state index >= 15 is 0 Å². The van der Waals surface area contributed by atoms with Crippen LogP contribution in [-0.4, -0.2) is 19.6 Å². The second kappa shape index (κ2) is 5.01. The van der Waals surface area contributed by atoms with E-state index in [0.29, 0.717) is 12.5 Å². The summed E-state index contributed by atoms with van der Waals surface area (Å²) < 4.78 is 4.86. The third kappa shape index (κ3) is 2.50. The first-order chi connectivity index (χ1) is 8.59. The largest absolute Gasteiger partial charge is 0.469 e. The molecule has 0 unspecified atom stereocenters. The van der Waals surface area contributed by atoms with Crippen LogP contribution in [0, 0.1) is 5.41 Å². The molecule has 0 saturated heterocycles. The maximum Gasteiger partial charge on any atom is 0.313 e. The van der Waals surface area contributed by atoms with E-state index in [9.17, 15) is 4.79 Å².